The maximum Gasteiger partial charge on any atom is 0.394 e. The maximum atomic E-state index is 13.2. The maximum absolute atomic E-state index is 13.2. The third-order valence-corrected chi connectivity index (χ3v) is 22.2. The minimum Gasteiger partial charge on any atom is -0.244 e. The molecule has 0 unspecified atom stereocenters. The zero-order valence-electron chi connectivity index (χ0n) is 75.9. The quantitative estimate of drug-likeness (QED) is 0.143. The van der Waals surface area contributed by atoms with Crippen LogP contribution in [0.3, 0.4) is 0 Å². The van der Waals surface area contributed by atoms with Crippen molar-refractivity contribution in [3.05, 3.63) is 0 Å². The van der Waals surface area contributed by atoms with E-state index >= 15 is 0 Å². The normalized spacial score (nSPS) is 16.0. The molecule has 0 heterocycles. The summed E-state index contributed by atoms with van der Waals surface area (Å²) in [4.78, 5) is 0. The number of hydrogen-bond acceptors (Lipinski definition) is 0. The largest absolute Gasteiger partial charge is 0.394 e. The van der Waals surface area contributed by atoms with Crippen LogP contribution in [-0.4, -0.2) is 30.4 Å². The summed E-state index contributed by atoms with van der Waals surface area (Å²) in [5, 5.41) is 0. The molecule has 0 aromatic carbocycles. The van der Waals surface area contributed by atoms with Crippen LogP contribution >= 0.6 is 0 Å². The van der Waals surface area contributed by atoms with Crippen LogP contribution in [0.1, 0.15) is 435 Å². The lowest BCUT2D eigenvalue weighted by Gasteiger charge is -2.41. The van der Waals surface area contributed by atoms with Crippen LogP contribution in [0.4, 0.5) is 57.1 Å². The van der Waals surface area contributed by atoms with E-state index in [-0.39, 0.29) is 55.8 Å². The van der Waals surface area contributed by atoms with E-state index in [2.05, 4.69) is 208 Å². The van der Waals surface area contributed by atoms with Crippen molar-refractivity contribution < 1.29 is 57.1 Å². The van der Waals surface area contributed by atoms with Gasteiger partial charge in [0.15, 0.2) is 0 Å². The molecule has 0 aromatic rings. The Hall–Kier alpha value is -0.910. The molecule has 13 heteroatoms. The van der Waals surface area contributed by atoms with Gasteiger partial charge in [0, 0.05) is 0 Å². The minimum atomic E-state index is -4.12. The van der Waals surface area contributed by atoms with Crippen molar-refractivity contribution in [2.45, 2.75) is 465 Å². The summed E-state index contributed by atoms with van der Waals surface area (Å²) in [5.74, 6) is 1.11. The van der Waals surface area contributed by atoms with Crippen LogP contribution in [0.15, 0.2) is 0 Å². The molecule has 0 N–H and O–H groups in total. The molecular weight excluding hydrogens is 1290 g/mol. The molecule has 100 heavy (non-hydrogen) atoms. The summed E-state index contributed by atoms with van der Waals surface area (Å²) in [5.41, 5.74) is -2.96. The molecule has 0 spiro atoms. The van der Waals surface area contributed by atoms with Gasteiger partial charge in [-0.3, -0.25) is 0 Å². The Balaban J connectivity index is -0.000000112. The van der Waals surface area contributed by atoms with Crippen molar-refractivity contribution >= 4 is 0 Å². The standard InChI is InChI=1S/C11H21F3.C10H22.C9H17F.C9H20.2C8H15F3.C7H13F3.2C7H16.C6H14.C5H12/c1-7(2)9(8(3)4)10(5,6)11(12,13)14;1-7-10(6,8-2)9(3,4)5;1-8(2)4-6-9(3,10)7-5-8;1-6-8(7-2)9(3,4)5;1-5-7(4,6(2)3)8(9,10)11;1-4-6-7(3,5-2)8(9,10)11;1-4-6(3,5-2)7(8,9)10;1-6(2)7(3,4)5;1-5-6-7(2,3)4;1-5-6(2,3)4;1-5(2,3)4/h7-9H,1-6H3;7-8H2,1-6H3;4-7H2,1-3H3;8H,6-7H2,1-5H3;6H,5H2,1-4H3;4-6H2,1-3H3;4-5H2,1-3H3;6H,1-5H3;5-6H2,1-4H3;5H2,1-4H3;1-4H3/t;;;;2*7-;;;;;/m....00...../s1. The van der Waals surface area contributed by atoms with Gasteiger partial charge in [-0.1, -0.05) is 363 Å². The summed E-state index contributed by atoms with van der Waals surface area (Å²) in [6.45, 7) is 94.8. The van der Waals surface area contributed by atoms with Crippen LogP contribution in [0.25, 0.3) is 0 Å². The first-order valence-corrected chi connectivity index (χ1v) is 39.3. The van der Waals surface area contributed by atoms with Gasteiger partial charge in [0.05, 0.1) is 21.7 Å². The average Bonchev–Trinajstić information content (AvgIpc) is 0.802. The lowest BCUT2D eigenvalue weighted by atomic mass is 9.65. The SMILES string of the molecule is CC(C)(C)C.CC(C)C(C(C)C)C(C)(C)C(F)(F)F.CC(C)C(C)(C)C.CC1(C)CCC(C)(F)CC1.CCC(C)(C)C.CCC(C)(CC)C(C)(C)C.CCC(C)(CC)C(F)(F)F.CCC(CC)C(C)(C)C.CCCC(C)(C)C.CCC[C@](C)(CC)C(F)(F)F.CC[C@@](C)(C(C)C)C(F)(F)F. The lowest BCUT2D eigenvalue weighted by molar-refractivity contribution is -0.239. The Morgan fingerprint density at radius 1 is 0.320 bits per heavy atom. The molecule has 1 aliphatic rings. The van der Waals surface area contributed by atoms with Crippen LogP contribution in [0.5, 0.6) is 0 Å². The predicted octanol–water partition coefficient (Wildman–Crippen LogP) is 35.9. The molecule has 1 fully saturated rings. The molecule has 0 saturated heterocycles. The van der Waals surface area contributed by atoms with Gasteiger partial charge in [-0.2, -0.15) is 52.7 Å². The van der Waals surface area contributed by atoms with Crippen molar-refractivity contribution in [1.82, 2.24) is 0 Å². The molecule has 0 bridgehead atoms. The highest BCUT2D eigenvalue weighted by Gasteiger charge is 2.54. The average molecular weight is 1470 g/mol. The Labute approximate surface area is 619 Å². The van der Waals surface area contributed by atoms with E-state index in [4.69, 9.17) is 0 Å². The monoisotopic (exact) mass is 1470 g/mol. The van der Waals surface area contributed by atoms with E-state index in [0.717, 1.165) is 37.5 Å². The van der Waals surface area contributed by atoms with E-state index in [1.165, 1.54) is 79.6 Å². The van der Waals surface area contributed by atoms with Gasteiger partial charge in [0.2, 0.25) is 0 Å². The predicted molar refractivity (Wildman–Crippen MR) is 423 cm³/mol. The molecule has 2 atom stereocenters. The van der Waals surface area contributed by atoms with Crippen LogP contribution in [-0.2, 0) is 0 Å². The van der Waals surface area contributed by atoms with E-state index in [9.17, 15) is 57.1 Å². The highest BCUT2D eigenvalue weighted by molar-refractivity contribution is 4.90. The second kappa shape index (κ2) is 49.9. The van der Waals surface area contributed by atoms with Gasteiger partial charge < -0.3 is 0 Å². The zero-order chi connectivity index (χ0) is 84.0. The molecule has 0 aromatic heterocycles. The molecular formula is C87H181F13. The van der Waals surface area contributed by atoms with Gasteiger partial charge in [-0.15, -0.1) is 0 Å². The van der Waals surface area contributed by atoms with E-state index < -0.39 is 52.0 Å². The van der Waals surface area contributed by atoms with Crippen molar-refractivity contribution in [1.29, 1.82) is 0 Å². The van der Waals surface area contributed by atoms with Gasteiger partial charge in [0.25, 0.3) is 0 Å². The van der Waals surface area contributed by atoms with Gasteiger partial charge in [-0.05, 0) is 150 Å². The topological polar surface area (TPSA) is 0 Å². The lowest BCUT2D eigenvalue weighted by Crippen LogP contribution is -2.43. The fourth-order valence-electron chi connectivity index (χ4n) is 10.3. The fraction of sp³-hybridized carbons (Fsp3) is 1.00. The molecule has 1 saturated carbocycles. The second-order valence-electron chi connectivity index (χ2n) is 40.3. The summed E-state index contributed by atoms with van der Waals surface area (Å²) in [7, 11) is 0. The number of rotatable bonds is 15. The molecule has 1 aliphatic carbocycles. The molecule has 0 aliphatic heterocycles. The van der Waals surface area contributed by atoms with Gasteiger partial charge in [-0.25, -0.2) is 4.39 Å². The Morgan fingerprint density at radius 3 is 0.640 bits per heavy atom. The molecule has 0 radical (unpaired) electrons. The first-order chi connectivity index (χ1) is 43.4. The van der Waals surface area contributed by atoms with E-state index in [0.29, 0.717) is 49.7 Å². The van der Waals surface area contributed by atoms with Crippen molar-refractivity contribution in [2.75, 3.05) is 0 Å². The number of hydrogen-bond donors (Lipinski definition) is 0. The first kappa shape index (κ1) is 120. The summed E-state index contributed by atoms with van der Waals surface area (Å²) >= 11 is 0. The van der Waals surface area contributed by atoms with Gasteiger partial charge >= 0.3 is 24.7 Å². The third-order valence-electron chi connectivity index (χ3n) is 22.2. The van der Waals surface area contributed by atoms with Crippen molar-refractivity contribution in [3.8, 4) is 0 Å². The van der Waals surface area contributed by atoms with Crippen LogP contribution < -0.4 is 0 Å². The Kier molecular flexibility index (Phi) is 60.0. The summed E-state index contributed by atoms with van der Waals surface area (Å²) < 4.78 is 162. The van der Waals surface area contributed by atoms with Gasteiger partial charge in [0.1, 0.15) is 5.67 Å². The molecule has 620 valence electrons. The molecule has 0 amide bonds. The van der Waals surface area contributed by atoms with Crippen molar-refractivity contribution in [2.24, 2.45) is 100 Å². The third kappa shape index (κ3) is 59.2. The summed E-state index contributed by atoms with van der Waals surface area (Å²) in [6.07, 6.45) is -2.12. The van der Waals surface area contributed by atoms with E-state index in [1.807, 2.05) is 27.7 Å². The molecule has 1 rings (SSSR count). The zero-order valence-corrected chi connectivity index (χ0v) is 75.9. The Bertz CT molecular complexity index is 1800. The number of alkyl halides is 13. The van der Waals surface area contributed by atoms with Crippen LogP contribution in [0.2, 0.25) is 0 Å². The molecule has 0 nitrogen and oxygen atoms in total. The van der Waals surface area contributed by atoms with Crippen molar-refractivity contribution in [3.63, 3.8) is 0 Å². The number of halogens is 13. The second-order valence-corrected chi connectivity index (χ2v) is 40.3. The highest BCUT2D eigenvalue weighted by Crippen LogP contribution is 2.51. The Morgan fingerprint density at radius 2 is 0.590 bits per heavy atom. The highest BCUT2D eigenvalue weighted by atomic mass is 19.4. The minimum absolute atomic E-state index is 0.0478. The summed E-state index contributed by atoms with van der Waals surface area (Å²) in [6, 6.07) is 0. The smallest absolute Gasteiger partial charge is 0.244 e. The van der Waals surface area contributed by atoms with Crippen LogP contribution in [0, 0.1) is 100 Å². The fourth-order valence-corrected chi connectivity index (χ4v) is 10.3. The van der Waals surface area contributed by atoms with E-state index in [1.54, 1.807) is 55.4 Å². The first-order valence-electron chi connectivity index (χ1n) is 39.3.